The molecule has 0 aliphatic carbocycles. The Hall–Kier alpha value is -1.33. The summed E-state index contributed by atoms with van der Waals surface area (Å²) in [7, 11) is 1.94. The molecule has 4 nitrogen and oxygen atoms in total. The number of rotatable bonds is 4. The average molecular weight is 223 g/mol. The van der Waals surface area contributed by atoms with Crippen LogP contribution in [0.2, 0.25) is 0 Å². The Morgan fingerprint density at radius 3 is 3.20 bits per heavy atom. The van der Waals surface area contributed by atoms with E-state index in [2.05, 4.69) is 11.6 Å². The van der Waals surface area contributed by atoms with Crippen molar-refractivity contribution in [2.75, 3.05) is 18.5 Å². The lowest BCUT2D eigenvalue weighted by Gasteiger charge is -2.15. The van der Waals surface area contributed by atoms with Crippen molar-refractivity contribution in [1.29, 1.82) is 0 Å². The molecule has 1 N–H and O–H groups in total. The van der Waals surface area contributed by atoms with Gasteiger partial charge in [0.15, 0.2) is 10.8 Å². The third-order valence-electron chi connectivity index (χ3n) is 2.25. The molecule has 2 aromatic heterocycles. The first kappa shape index (κ1) is 10.2. The van der Waals surface area contributed by atoms with Crippen LogP contribution in [0.25, 0.3) is 4.96 Å². The number of likely N-dealkylation sites (N-methyl/N-ethyl adjacent to an activating group) is 1. The van der Waals surface area contributed by atoms with E-state index in [0.29, 0.717) is 0 Å². The molecule has 0 amide bonds. The predicted molar refractivity (Wildman–Crippen MR) is 62.5 cm³/mol. The molecule has 2 rings (SSSR count). The minimum atomic E-state index is -0.00524. The summed E-state index contributed by atoms with van der Waals surface area (Å²) in [4.78, 5) is 7.34. The van der Waals surface area contributed by atoms with Gasteiger partial charge in [-0.1, -0.05) is 6.08 Å². The van der Waals surface area contributed by atoms with Gasteiger partial charge in [-0.3, -0.25) is 4.40 Å². The van der Waals surface area contributed by atoms with Crippen molar-refractivity contribution in [2.45, 2.75) is 6.61 Å². The zero-order valence-electron chi connectivity index (χ0n) is 8.55. The summed E-state index contributed by atoms with van der Waals surface area (Å²) in [5.41, 5.74) is 0.829. The maximum Gasteiger partial charge on any atom is 0.195 e. The van der Waals surface area contributed by atoms with E-state index >= 15 is 0 Å². The molecule has 0 bridgehead atoms. The van der Waals surface area contributed by atoms with E-state index in [4.69, 9.17) is 0 Å². The molecule has 0 aromatic carbocycles. The van der Waals surface area contributed by atoms with Gasteiger partial charge < -0.3 is 10.0 Å². The van der Waals surface area contributed by atoms with Crippen molar-refractivity contribution >= 4 is 22.1 Å². The van der Waals surface area contributed by atoms with Crippen molar-refractivity contribution in [2.24, 2.45) is 0 Å². The Kier molecular flexibility index (Phi) is 2.75. The first-order chi connectivity index (χ1) is 7.27. The van der Waals surface area contributed by atoms with Gasteiger partial charge in [0, 0.05) is 25.2 Å². The SMILES string of the molecule is C=CCN(C)c1nc2sccn2c1CO. The van der Waals surface area contributed by atoms with Crippen LogP contribution in [0.15, 0.2) is 24.2 Å². The van der Waals surface area contributed by atoms with Crippen molar-refractivity contribution in [3.8, 4) is 0 Å². The number of hydrogen-bond acceptors (Lipinski definition) is 4. The van der Waals surface area contributed by atoms with Gasteiger partial charge in [-0.25, -0.2) is 4.98 Å². The summed E-state index contributed by atoms with van der Waals surface area (Å²) in [5, 5.41) is 11.3. The molecule has 0 radical (unpaired) electrons. The van der Waals surface area contributed by atoms with Crippen LogP contribution in [0.4, 0.5) is 5.82 Å². The second-order valence-corrected chi connectivity index (χ2v) is 4.14. The van der Waals surface area contributed by atoms with Gasteiger partial charge >= 0.3 is 0 Å². The Morgan fingerprint density at radius 2 is 2.53 bits per heavy atom. The smallest absolute Gasteiger partial charge is 0.195 e. The Bertz CT molecular complexity index is 474. The second kappa shape index (κ2) is 4.04. The van der Waals surface area contributed by atoms with E-state index in [9.17, 15) is 5.11 Å². The molecule has 15 heavy (non-hydrogen) atoms. The van der Waals surface area contributed by atoms with Gasteiger partial charge in [0.2, 0.25) is 0 Å². The number of fused-ring (bicyclic) bond motifs is 1. The first-order valence-corrected chi connectivity index (χ1v) is 5.53. The largest absolute Gasteiger partial charge is 0.390 e. The maximum atomic E-state index is 9.33. The van der Waals surface area contributed by atoms with Crippen LogP contribution in [0.1, 0.15) is 5.69 Å². The molecule has 0 saturated heterocycles. The van der Waals surface area contributed by atoms with E-state index in [-0.39, 0.29) is 6.61 Å². The molecular formula is C10H13N3OS. The molecule has 5 heteroatoms. The predicted octanol–water partition coefficient (Wildman–Crippen LogP) is 1.51. The van der Waals surface area contributed by atoms with Gasteiger partial charge in [-0.05, 0) is 0 Å². The van der Waals surface area contributed by atoms with E-state index in [1.807, 2.05) is 34.0 Å². The van der Waals surface area contributed by atoms with Gasteiger partial charge in [0.1, 0.15) is 0 Å². The number of imidazole rings is 1. The minimum absolute atomic E-state index is 0.00524. The molecular weight excluding hydrogens is 210 g/mol. The highest BCUT2D eigenvalue weighted by molar-refractivity contribution is 7.15. The molecule has 0 unspecified atom stereocenters. The molecule has 0 atom stereocenters. The molecule has 0 spiro atoms. The van der Waals surface area contributed by atoms with Gasteiger partial charge in [-0.15, -0.1) is 17.9 Å². The van der Waals surface area contributed by atoms with Crippen molar-refractivity contribution in [1.82, 2.24) is 9.38 Å². The van der Waals surface area contributed by atoms with Crippen LogP contribution < -0.4 is 4.90 Å². The van der Waals surface area contributed by atoms with E-state index in [0.717, 1.165) is 23.0 Å². The Balaban J connectivity index is 2.49. The van der Waals surface area contributed by atoms with Crippen LogP contribution in [0.5, 0.6) is 0 Å². The van der Waals surface area contributed by atoms with Gasteiger partial charge in [0.25, 0.3) is 0 Å². The lowest BCUT2D eigenvalue weighted by Crippen LogP contribution is -2.18. The van der Waals surface area contributed by atoms with Crippen LogP contribution in [-0.2, 0) is 6.61 Å². The lowest BCUT2D eigenvalue weighted by atomic mass is 10.4. The fourth-order valence-corrected chi connectivity index (χ4v) is 2.28. The van der Waals surface area contributed by atoms with E-state index < -0.39 is 0 Å². The van der Waals surface area contributed by atoms with Gasteiger partial charge in [0.05, 0.1) is 12.3 Å². The molecule has 0 saturated carbocycles. The summed E-state index contributed by atoms with van der Waals surface area (Å²) in [6.45, 7) is 4.40. The topological polar surface area (TPSA) is 40.8 Å². The molecule has 2 aromatic rings. The third-order valence-corrected chi connectivity index (χ3v) is 3.01. The number of aromatic nitrogens is 2. The maximum absolute atomic E-state index is 9.33. The van der Waals surface area contributed by atoms with Crippen molar-refractivity contribution < 1.29 is 5.11 Å². The number of aliphatic hydroxyl groups excluding tert-OH is 1. The average Bonchev–Trinajstić information content (AvgIpc) is 2.76. The standard InChI is InChI=1S/C10H13N3OS/c1-3-4-12(2)9-8(7-14)13-5-6-15-10(13)11-9/h3,5-6,14H,1,4,7H2,2H3. The Morgan fingerprint density at radius 1 is 1.73 bits per heavy atom. The monoisotopic (exact) mass is 223 g/mol. The highest BCUT2D eigenvalue weighted by atomic mass is 32.1. The summed E-state index contributed by atoms with van der Waals surface area (Å²) in [6.07, 6.45) is 3.73. The second-order valence-electron chi connectivity index (χ2n) is 3.26. The normalized spacial score (nSPS) is 10.8. The summed E-state index contributed by atoms with van der Waals surface area (Å²) < 4.78 is 1.92. The summed E-state index contributed by atoms with van der Waals surface area (Å²) in [5.74, 6) is 0.823. The summed E-state index contributed by atoms with van der Waals surface area (Å²) in [6, 6.07) is 0. The van der Waals surface area contributed by atoms with Crippen LogP contribution in [0, 0.1) is 0 Å². The number of hydrogen-bond donors (Lipinski definition) is 1. The number of nitrogens with zero attached hydrogens (tertiary/aromatic N) is 3. The number of anilines is 1. The zero-order chi connectivity index (χ0) is 10.8. The molecule has 2 heterocycles. The fraction of sp³-hybridized carbons (Fsp3) is 0.300. The third kappa shape index (κ3) is 1.64. The number of aliphatic hydroxyl groups is 1. The van der Waals surface area contributed by atoms with Gasteiger partial charge in [-0.2, -0.15) is 0 Å². The van der Waals surface area contributed by atoms with Crippen LogP contribution in [0.3, 0.4) is 0 Å². The van der Waals surface area contributed by atoms with Crippen LogP contribution in [-0.4, -0.2) is 28.1 Å². The fourth-order valence-electron chi connectivity index (χ4n) is 1.55. The van der Waals surface area contributed by atoms with Crippen molar-refractivity contribution in [3.63, 3.8) is 0 Å². The quantitative estimate of drug-likeness (QED) is 0.799. The van der Waals surface area contributed by atoms with E-state index in [1.165, 1.54) is 0 Å². The molecule has 0 fully saturated rings. The molecule has 80 valence electrons. The summed E-state index contributed by atoms with van der Waals surface area (Å²) >= 11 is 1.56. The lowest BCUT2D eigenvalue weighted by molar-refractivity contribution is 0.276. The molecule has 0 aliphatic heterocycles. The number of thiazole rings is 1. The molecule has 0 aliphatic rings. The zero-order valence-corrected chi connectivity index (χ0v) is 9.37. The van der Waals surface area contributed by atoms with Crippen molar-refractivity contribution in [3.05, 3.63) is 29.9 Å². The first-order valence-electron chi connectivity index (χ1n) is 4.65. The highest BCUT2D eigenvalue weighted by Gasteiger charge is 2.14. The Labute approximate surface area is 92.1 Å². The van der Waals surface area contributed by atoms with E-state index in [1.54, 1.807) is 11.3 Å². The van der Waals surface area contributed by atoms with Crippen LogP contribution >= 0.6 is 11.3 Å². The highest BCUT2D eigenvalue weighted by Crippen LogP contribution is 2.23. The minimum Gasteiger partial charge on any atom is -0.390 e.